The third-order valence-electron chi connectivity index (χ3n) is 4.02. The largest absolute Gasteiger partial charge is 0.484 e. The summed E-state index contributed by atoms with van der Waals surface area (Å²) in [5, 5.41) is 2.60. The molecule has 0 saturated carbocycles. The van der Waals surface area contributed by atoms with Crippen molar-refractivity contribution in [2.75, 3.05) is 25.0 Å². The monoisotopic (exact) mass is 394 g/mol. The summed E-state index contributed by atoms with van der Waals surface area (Å²) in [6.45, 7) is 4.65. The fraction of sp³-hybridized carbons (Fsp3) is 0.300. The van der Waals surface area contributed by atoms with Crippen LogP contribution in [-0.2, 0) is 11.0 Å². The zero-order valence-electron chi connectivity index (χ0n) is 15.5. The van der Waals surface area contributed by atoms with Crippen LogP contribution >= 0.6 is 0 Å². The number of halogens is 3. The van der Waals surface area contributed by atoms with Crippen molar-refractivity contribution in [3.05, 3.63) is 59.7 Å². The summed E-state index contributed by atoms with van der Waals surface area (Å²) in [6.07, 6.45) is -4.42. The van der Waals surface area contributed by atoms with E-state index in [1.54, 1.807) is 29.2 Å². The van der Waals surface area contributed by atoms with Crippen molar-refractivity contribution in [3.8, 4) is 5.75 Å². The molecule has 2 aromatic carbocycles. The van der Waals surface area contributed by atoms with Gasteiger partial charge in [-0.15, -0.1) is 0 Å². The third-order valence-corrected chi connectivity index (χ3v) is 4.02. The van der Waals surface area contributed by atoms with Gasteiger partial charge in [0.15, 0.2) is 6.61 Å². The van der Waals surface area contributed by atoms with Crippen LogP contribution in [0.4, 0.5) is 18.9 Å². The highest BCUT2D eigenvalue weighted by molar-refractivity contribution is 5.96. The maximum atomic E-state index is 12.5. The van der Waals surface area contributed by atoms with Crippen molar-refractivity contribution in [2.24, 2.45) is 0 Å². The predicted octanol–water partition coefficient (Wildman–Crippen LogP) is 4.20. The standard InChI is InChI=1S/C20H21F3N2O3/c1-3-25(4-2)19(27)14-5-9-16(10-6-14)24-18(26)13-28-17-11-7-15(8-12-17)20(21,22)23/h5-12H,3-4,13H2,1-2H3,(H,24,26). The van der Waals surface area contributed by atoms with E-state index in [9.17, 15) is 22.8 Å². The van der Waals surface area contributed by atoms with E-state index < -0.39 is 17.6 Å². The van der Waals surface area contributed by atoms with E-state index in [1.807, 2.05) is 13.8 Å². The topological polar surface area (TPSA) is 58.6 Å². The molecule has 0 fully saturated rings. The van der Waals surface area contributed by atoms with E-state index in [1.165, 1.54) is 0 Å². The van der Waals surface area contributed by atoms with Gasteiger partial charge in [-0.1, -0.05) is 0 Å². The van der Waals surface area contributed by atoms with Crippen molar-refractivity contribution < 1.29 is 27.5 Å². The van der Waals surface area contributed by atoms with Gasteiger partial charge in [0.2, 0.25) is 0 Å². The van der Waals surface area contributed by atoms with Gasteiger partial charge in [0.1, 0.15) is 5.75 Å². The lowest BCUT2D eigenvalue weighted by Crippen LogP contribution is -2.30. The molecule has 0 bridgehead atoms. The lowest BCUT2D eigenvalue weighted by Gasteiger charge is -2.18. The highest BCUT2D eigenvalue weighted by Gasteiger charge is 2.30. The second-order valence-corrected chi connectivity index (χ2v) is 5.91. The first kappa shape index (κ1) is 21.3. The third kappa shape index (κ3) is 5.73. The maximum absolute atomic E-state index is 12.5. The quantitative estimate of drug-likeness (QED) is 0.766. The van der Waals surface area contributed by atoms with Crippen molar-refractivity contribution in [3.63, 3.8) is 0 Å². The Bertz CT molecular complexity index is 799. The van der Waals surface area contributed by atoms with Gasteiger partial charge in [-0.05, 0) is 62.4 Å². The number of hydrogen-bond donors (Lipinski definition) is 1. The number of alkyl halides is 3. The molecule has 0 radical (unpaired) electrons. The van der Waals surface area contributed by atoms with Gasteiger partial charge in [-0.25, -0.2) is 0 Å². The average Bonchev–Trinajstić information content (AvgIpc) is 2.67. The average molecular weight is 394 g/mol. The number of carbonyl (C=O) groups is 2. The minimum Gasteiger partial charge on any atom is -0.484 e. The van der Waals surface area contributed by atoms with E-state index in [4.69, 9.17) is 4.74 Å². The Labute approximate surface area is 161 Å². The minimum absolute atomic E-state index is 0.0893. The van der Waals surface area contributed by atoms with Crippen LogP contribution in [0.1, 0.15) is 29.8 Å². The second kappa shape index (κ2) is 9.25. The Morgan fingerprint density at radius 2 is 1.54 bits per heavy atom. The summed E-state index contributed by atoms with van der Waals surface area (Å²) in [7, 11) is 0. The number of ether oxygens (including phenoxy) is 1. The van der Waals surface area contributed by atoms with Crippen molar-refractivity contribution >= 4 is 17.5 Å². The normalized spacial score (nSPS) is 11.0. The van der Waals surface area contributed by atoms with Crippen LogP contribution in [0.5, 0.6) is 5.75 Å². The number of rotatable bonds is 7. The summed E-state index contributed by atoms with van der Waals surface area (Å²) >= 11 is 0. The van der Waals surface area contributed by atoms with Gasteiger partial charge in [-0.3, -0.25) is 9.59 Å². The lowest BCUT2D eigenvalue weighted by molar-refractivity contribution is -0.137. The Morgan fingerprint density at radius 3 is 2.04 bits per heavy atom. The summed E-state index contributed by atoms with van der Waals surface area (Å²) < 4.78 is 42.7. The van der Waals surface area contributed by atoms with Gasteiger partial charge in [0, 0.05) is 24.3 Å². The number of anilines is 1. The maximum Gasteiger partial charge on any atom is 0.416 e. The molecule has 0 saturated heterocycles. The molecule has 0 aliphatic heterocycles. The van der Waals surface area contributed by atoms with Gasteiger partial charge in [0.25, 0.3) is 11.8 Å². The molecule has 5 nitrogen and oxygen atoms in total. The molecule has 28 heavy (non-hydrogen) atoms. The van der Waals surface area contributed by atoms with E-state index in [0.717, 1.165) is 24.3 Å². The molecule has 0 atom stereocenters. The molecule has 8 heteroatoms. The Morgan fingerprint density at radius 1 is 0.964 bits per heavy atom. The zero-order chi connectivity index (χ0) is 20.7. The van der Waals surface area contributed by atoms with E-state index in [-0.39, 0.29) is 18.3 Å². The van der Waals surface area contributed by atoms with Crippen LogP contribution in [0.15, 0.2) is 48.5 Å². The molecule has 1 N–H and O–H groups in total. The highest BCUT2D eigenvalue weighted by Crippen LogP contribution is 2.30. The van der Waals surface area contributed by atoms with Crippen LogP contribution in [0.3, 0.4) is 0 Å². The van der Waals surface area contributed by atoms with E-state index in [2.05, 4.69) is 5.32 Å². The molecule has 0 heterocycles. The molecular formula is C20H21F3N2O3. The first-order valence-corrected chi connectivity index (χ1v) is 8.73. The molecule has 0 aromatic heterocycles. The van der Waals surface area contributed by atoms with Gasteiger partial charge in [0.05, 0.1) is 5.56 Å². The molecule has 2 rings (SSSR count). The number of benzene rings is 2. The van der Waals surface area contributed by atoms with Crippen molar-refractivity contribution in [1.29, 1.82) is 0 Å². The van der Waals surface area contributed by atoms with Crippen LogP contribution in [0, 0.1) is 0 Å². The summed E-state index contributed by atoms with van der Waals surface area (Å²) in [6, 6.07) is 10.5. The van der Waals surface area contributed by atoms with E-state index >= 15 is 0 Å². The Hall–Kier alpha value is -3.03. The van der Waals surface area contributed by atoms with Crippen LogP contribution < -0.4 is 10.1 Å². The van der Waals surface area contributed by atoms with E-state index in [0.29, 0.717) is 24.3 Å². The first-order valence-electron chi connectivity index (χ1n) is 8.73. The van der Waals surface area contributed by atoms with Crippen LogP contribution in [0.2, 0.25) is 0 Å². The van der Waals surface area contributed by atoms with Crippen LogP contribution in [-0.4, -0.2) is 36.4 Å². The molecule has 0 aliphatic rings. The summed E-state index contributed by atoms with van der Waals surface area (Å²) in [5.41, 5.74) is 0.212. The van der Waals surface area contributed by atoms with Crippen molar-refractivity contribution in [1.82, 2.24) is 4.90 Å². The fourth-order valence-corrected chi connectivity index (χ4v) is 2.48. The zero-order valence-corrected chi connectivity index (χ0v) is 15.5. The molecule has 2 aromatic rings. The molecule has 150 valence electrons. The smallest absolute Gasteiger partial charge is 0.416 e. The lowest BCUT2D eigenvalue weighted by atomic mass is 10.2. The highest BCUT2D eigenvalue weighted by atomic mass is 19.4. The summed E-state index contributed by atoms with van der Waals surface area (Å²) in [4.78, 5) is 25.9. The second-order valence-electron chi connectivity index (χ2n) is 5.91. The minimum atomic E-state index is -4.42. The molecule has 0 aliphatic carbocycles. The van der Waals surface area contributed by atoms with Crippen LogP contribution in [0.25, 0.3) is 0 Å². The van der Waals surface area contributed by atoms with Gasteiger partial charge in [-0.2, -0.15) is 13.2 Å². The molecule has 0 spiro atoms. The summed E-state index contributed by atoms with van der Waals surface area (Å²) in [5.74, 6) is -0.403. The SMILES string of the molecule is CCN(CC)C(=O)c1ccc(NC(=O)COc2ccc(C(F)(F)F)cc2)cc1. The van der Waals surface area contributed by atoms with Crippen molar-refractivity contribution in [2.45, 2.75) is 20.0 Å². The number of amides is 2. The van der Waals surface area contributed by atoms with Gasteiger partial charge >= 0.3 is 6.18 Å². The fourth-order valence-electron chi connectivity index (χ4n) is 2.48. The number of carbonyl (C=O) groups excluding carboxylic acids is 2. The Kier molecular flexibility index (Phi) is 7.03. The number of hydrogen-bond acceptors (Lipinski definition) is 3. The first-order chi connectivity index (χ1) is 13.2. The van der Waals surface area contributed by atoms with Gasteiger partial charge < -0.3 is 15.0 Å². The number of nitrogens with zero attached hydrogens (tertiary/aromatic N) is 1. The Balaban J connectivity index is 1.88. The molecule has 2 amide bonds. The predicted molar refractivity (Wildman–Crippen MR) is 99.3 cm³/mol. The molecular weight excluding hydrogens is 373 g/mol. The molecule has 0 unspecified atom stereocenters. The number of nitrogens with one attached hydrogen (secondary N) is 1.